The summed E-state index contributed by atoms with van der Waals surface area (Å²) in [5.74, 6) is 0.322. The molecule has 4 nitrogen and oxygen atoms in total. The lowest BCUT2D eigenvalue weighted by Gasteiger charge is -2.08. The molecule has 4 heteroatoms. The summed E-state index contributed by atoms with van der Waals surface area (Å²) in [7, 11) is 0. The van der Waals surface area contributed by atoms with Gasteiger partial charge in [0.1, 0.15) is 5.78 Å². The van der Waals surface area contributed by atoms with Gasteiger partial charge in [-0.3, -0.25) is 9.48 Å². The third-order valence-electron chi connectivity index (χ3n) is 3.72. The minimum atomic E-state index is 0.0637. The van der Waals surface area contributed by atoms with Crippen LogP contribution in [0, 0.1) is 5.92 Å². The first kappa shape index (κ1) is 13.3. The lowest BCUT2D eigenvalue weighted by molar-refractivity contribution is -0.122. The van der Waals surface area contributed by atoms with E-state index in [2.05, 4.69) is 18.9 Å². The highest BCUT2D eigenvalue weighted by Gasteiger charge is 2.28. The molecule has 3 atom stereocenters. The van der Waals surface area contributed by atoms with E-state index >= 15 is 0 Å². The molecule has 1 aromatic rings. The van der Waals surface area contributed by atoms with Gasteiger partial charge in [-0.2, -0.15) is 5.10 Å². The Bertz CT molecular complexity index is 414. The van der Waals surface area contributed by atoms with Crippen LogP contribution in [0.3, 0.4) is 0 Å². The Morgan fingerprint density at radius 1 is 1.67 bits per heavy atom. The molecule has 1 aliphatic rings. The fraction of sp³-hybridized carbons (Fsp3) is 0.714. The quantitative estimate of drug-likeness (QED) is 0.806. The van der Waals surface area contributed by atoms with Crippen LogP contribution >= 0.6 is 0 Å². The molecule has 0 spiro atoms. The minimum Gasteiger partial charge on any atom is -0.378 e. The zero-order chi connectivity index (χ0) is 13.1. The summed E-state index contributed by atoms with van der Waals surface area (Å²) in [6, 6.07) is 2.34. The molecule has 100 valence electrons. The van der Waals surface area contributed by atoms with Crippen molar-refractivity contribution in [3.63, 3.8) is 0 Å². The second-order valence-electron chi connectivity index (χ2n) is 5.26. The molecule has 0 aliphatic carbocycles. The van der Waals surface area contributed by atoms with E-state index in [0.29, 0.717) is 19.1 Å². The van der Waals surface area contributed by atoms with Crippen LogP contribution in [-0.4, -0.2) is 28.3 Å². The van der Waals surface area contributed by atoms with Gasteiger partial charge in [0.05, 0.1) is 24.8 Å². The number of carbonyl (C=O) groups is 1. The Labute approximate surface area is 108 Å². The molecule has 0 N–H and O–H groups in total. The maximum Gasteiger partial charge on any atom is 0.144 e. The zero-order valence-electron chi connectivity index (χ0n) is 11.4. The molecule has 0 saturated carbocycles. The molecule has 1 aliphatic heterocycles. The highest BCUT2D eigenvalue weighted by Crippen LogP contribution is 2.21. The number of carbonyl (C=O) groups excluding carboxylic acids is 1. The second kappa shape index (κ2) is 5.65. The number of rotatable bonds is 5. The second-order valence-corrected chi connectivity index (χ2v) is 5.26. The van der Waals surface area contributed by atoms with Crippen LogP contribution in [0.25, 0.3) is 0 Å². The number of ketones is 1. The first-order chi connectivity index (χ1) is 8.60. The molecular formula is C14H22N2O2. The summed E-state index contributed by atoms with van der Waals surface area (Å²) in [4.78, 5) is 12.1. The standard InChI is InChI=1S/C14H22N2O2/c1-4-10(2)16-6-5-13(15-16)8-14(17)12-7-11(3)18-9-12/h5-6,10-12H,4,7-9H2,1-3H3. The molecule has 2 rings (SSSR count). The van der Waals surface area contributed by atoms with E-state index < -0.39 is 0 Å². The monoisotopic (exact) mass is 250 g/mol. The molecule has 3 unspecified atom stereocenters. The maximum absolute atomic E-state index is 12.1. The van der Waals surface area contributed by atoms with Crippen LogP contribution in [0.2, 0.25) is 0 Å². The summed E-state index contributed by atoms with van der Waals surface area (Å²) in [5, 5.41) is 4.47. The van der Waals surface area contributed by atoms with E-state index in [-0.39, 0.29) is 17.8 Å². The lowest BCUT2D eigenvalue weighted by atomic mass is 9.98. The van der Waals surface area contributed by atoms with Gasteiger partial charge in [0.2, 0.25) is 0 Å². The number of nitrogens with zero attached hydrogens (tertiary/aromatic N) is 2. The van der Waals surface area contributed by atoms with E-state index in [4.69, 9.17) is 4.74 Å². The highest BCUT2D eigenvalue weighted by atomic mass is 16.5. The van der Waals surface area contributed by atoms with Crippen LogP contribution in [0.1, 0.15) is 45.3 Å². The van der Waals surface area contributed by atoms with Crippen molar-refractivity contribution in [1.29, 1.82) is 0 Å². The molecule has 0 radical (unpaired) electrons. The van der Waals surface area contributed by atoms with E-state index in [0.717, 1.165) is 18.5 Å². The van der Waals surface area contributed by atoms with E-state index in [9.17, 15) is 4.79 Å². The Hall–Kier alpha value is -1.16. The molecule has 1 aromatic heterocycles. The molecule has 0 amide bonds. The van der Waals surface area contributed by atoms with E-state index in [1.54, 1.807) is 0 Å². The van der Waals surface area contributed by atoms with Crippen LogP contribution in [0.5, 0.6) is 0 Å². The van der Waals surface area contributed by atoms with Crippen LogP contribution < -0.4 is 0 Å². The lowest BCUT2D eigenvalue weighted by Crippen LogP contribution is -2.17. The summed E-state index contributed by atoms with van der Waals surface area (Å²) in [6.45, 7) is 6.86. The van der Waals surface area contributed by atoms with Crippen molar-refractivity contribution in [3.05, 3.63) is 18.0 Å². The van der Waals surface area contributed by atoms with Gasteiger partial charge in [-0.05, 0) is 32.8 Å². The number of hydrogen-bond acceptors (Lipinski definition) is 3. The number of Topliss-reactive ketones (excluding diaryl/α,β-unsaturated/α-hetero) is 1. The molecule has 0 bridgehead atoms. The van der Waals surface area contributed by atoms with Gasteiger partial charge in [-0.15, -0.1) is 0 Å². The fourth-order valence-corrected chi connectivity index (χ4v) is 2.27. The highest BCUT2D eigenvalue weighted by molar-refractivity contribution is 5.83. The third kappa shape index (κ3) is 2.99. The number of hydrogen-bond donors (Lipinski definition) is 0. The van der Waals surface area contributed by atoms with Crippen LogP contribution in [0.4, 0.5) is 0 Å². The smallest absolute Gasteiger partial charge is 0.144 e. The SMILES string of the molecule is CCC(C)n1ccc(CC(=O)C2COC(C)C2)n1. The van der Waals surface area contributed by atoms with Crippen LogP contribution in [-0.2, 0) is 16.0 Å². The molecule has 1 saturated heterocycles. The van der Waals surface area contributed by atoms with Gasteiger partial charge >= 0.3 is 0 Å². The predicted molar refractivity (Wildman–Crippen MR) is 69.5 cm³/mol. The Balaban J connectivity index is 1.93. The van der Waals surface area contributed by atoms with Gasteiger partial charge in [-0.1, -0.05) is 6.92 Å². The normalized spacial score (nSPS) is 25.3. The Morgan fingerprint density at radius 3 is 3.06 bits per heavy atom. The van der Waals surface area contributed by atoms with Crippen molar-refractivity contribution < 1.29 is 9.53 Å². The fourth-order valence-electron chi connectivity index (χ4n) is 2.27. The average Bonchev–Trinajstić information content (AvgIpc) is 2.97. The van der Waals surface area contributed by atoms with Crippen molar-refractivity contribution in [2.75, 3.05) is 6.61 Å². The van der Waals surface area contributed by atoms with Crippen molar-refractivity contribution in [1.82, 2.24) is 9.78 Å². The Kier molecular flexibility index (Phi) is 4.17. The summed E-state index contributed by atoms with van der Waals surface area (Å²) < 4.78 is 7.38. The summed E-state index contributed by atoms with van der Waals surface area (Å²) in [5.41, 5.74) is 0.875. The van der Waals surface area contributed by atoms with E-state index in [1.165, 1.54) is 0 Å². The summed E-state index contributed by atoms with van der Waals surface area (Å²) >= 11 is 0. The summed E-state index contributed by atoms with van der Waals surface area (Å²) in [6.07, 6.45) is 4.51. The maximum atomic E-state index is 12.1. The largest absolute Gasteiger partial charge is 0.378 e. The van der Waals surface area contributed by atoms with Gasteiger partial charge in [0, 0.05) is 18.2 Å². The van der Waals surface area contributed by atoms with E-state index in [1.807, 2.05) is 23.9 Å². The zero-order valence-corrected chi connectivity index (χ0v) is 11.4. The molecular weight excluding hydrogens is 228 g/mol. The average molecular weight is 250 g/mol. The molecule has 0 aromatic carbocycles. The predicted octanol–water partition coefficient (Wildman–Crippen LogP) is 2.39. The van der Waals surface area contributed by atoms with Crippen molar-refractivity contribution in [3.8, 4) is 0 Å². The van der Waals surface area contributed by atoms with Gasteiger partial charge < -0.3 is 4.74 Å². The van der Waals surface area contributed by atoms with Gasteiger partial charge in [0.25, 0.3) is 0 Å². The van der Waals surface area contributed by atoms with Crippen molar-refractivity contribution in [2.24, 2.45) is 5.92 Å². The first-order valence-electron chi connectivity index (χ1n) is 6.78. The number of aromatic nitrogens is 2. The number of ether oxygens (including phenoxy) is 1. The van der Waals surface area contributed by atoms with Crippen LogP contribution in [0.15, 0.2) is 12.3 Å². The van der Waals surface area contributed by atoms with Gasteiger partial charge in [-0.25, -0.2) is 0 Å². The third-order valence-corrected chi connectivity index (χ3v) is 3.72. The van der Waals surface area contributed by atoms with Crippen molar-refractivity contribution in [2.45, 2.75) is 52.2 Å². The molecule has 2 heterocycles. The Morgan fingerprint density at radius 2 is 2.44 bits per heavy atom. The minimum absolute atomic E-state index is 0.0637. The first-order valence-corrected chi connectivity index (χ1v) is 6.78. The molecule has 1 fully saturated rings. The van der Waals surface area contributed by atoms with Crippen molar-refractivity contribution >= 4 is 5.78 Å². The van der Waals surface area contributed by atoms with Gasteiger partial charge in [0.15, 0.2) is 0 Å². The topological polar surface area (TPSA) is 44.1 Å². The molecule has 18 heavy (non-hydrogen) atoms.